The van der Waals surface area contributed by atoms with Gasteiger partial charge in [-0.2, -0.15) is 0 Å². The summed E-state index contributed by atoms with van der Waals surface area (Å²) < 4.78 is 13.4. The van der Waals surface area contributed by atoms with Crippen molar-refractivity contribution in [3.05, 3.63) is 54.3 Å². The molecule has 1 heterocycles. The Hall–Kier alpha value is -2.44. The van der Waals surface area contributed by atoms with E-state index in [-0.39, 0.29) is 36.9 Å². The van der Waals surface area contributed by atoms with Crippen molar-refractivity contribution >= 4 is 11.7 Å². The molecule has 25 heavy (non-hydrogen) atoms. The SMILES string of the molecule is O=C(Nc1cccc(-c2cccc(F)c2)c1)N1C[C@@H](CO)[C@H](CO)C1. The van der Waals surface area contributed by atoms with Crippen molar-refractivity contribution in [1.29, 1.82) is 0 Å². The fourth-order valence-corrected chi connectivity index (χ4v) is 3.17. The van der Waals surface area contributed by atoms with E-state index in [2.05, 4.69) is 5.32 Å². The Kier molecular flexibility index (Phi) is 5.31. The number of hydrogen-bond acceptors (Lipinski definition) is 3. The third-order valence-corrected chi connectivity index (χ3v) is 4.60. The number of nitrogens with zero attached hydrogens (tertiary/aromatic N) is 1. The minimum absolute atomic E-state index is 0.0515. The number of aliphatic hydroxyl groups excluding tert-OH is 2. The summed E-state index contributed by atoms with van der Waals surface area (Å²) in [5, 5.41) is 21.5. The Labute approximate surface area is 145 Å². The summed E-state index contributed by atoms with van der Waals surface area (Å²) in [7, 11) is 0. The van der Waals surface area contributed by atoms with Gasteiger partial charge in [0.2, 0.25) is 0 Å². The minimum atomic E-state index is -0.311. The first kappa shape index (κ1) is 17.4. The number of nitrogens with one attached hydrogen (secondary N) is 1. The van der Waals surface area contributed by atoms with Gasteiger partial charge in [-0.15, -0.1) is 0 Å². The number of amides is 2. The number of halogens is 1. The van der Waals surface area contributed by atoms with E-state index in [1.54, 1.807) is 29.2 Å². The van der Waals surface area contributed by atoms with Crippen molar-refractivity contribution in [2.75, 3.05) is 31.6 Å². The van der Waals surface area contributed by atoms with Crippen molar-refractivity contribution < 1.29 is 19.4 Å². The van der Waals surface area contributed by atoms with E-state index in [0.29, 0.717) is 18.8 Å². The third kappa shape index (κ3) is 3.97. The molecule has 5 nitrogen and oxygen atoms in total. The highest BCUT2D eigenvalue weighted by atomic mass is 19.1. The van der Waals surface area contributed by atoms with Crippen LogP contribution in [0.4, 0.5) is 14.9 Å². The van der Waals surface area contributed by atoms with Crippen LogP contribution in [0.3, 0.4) is 0 Å². The van der Waals surface area contributed by atoms with Gasteiger partial charge in [0, 0.05) is 43.8 Å². The van der Waals surface area contributed by atoms with Gasteiger partial charge in [-0.3, -0.25) is 0 Å². The molecular formula is C19H21FN2O3. The van der Waals surface area contributed by atoms with Crippen molar-refractivity contribution in [2.24, 2.45) is 11.8 Å². The first-order valence-corrected chi connectivity index (χ1v) is 8.24. The zero-order valence-corrected chi connectivity index (χ0v) is 13.7. The van der Waals surface area contributed by atoms with Crippen LogP contribution in [0, 0.1) is 17.7 Å². The summed E-state index contributed by atoms with van der Waals surface area (Å²) in [6, 6.07) is 13.2. The fraction of sp³-hybridized carbons (Fsp3) is 0.316. The van der Waals surface area contributed by atoms with E-state index in [1.807, 2.05) is 12.1 Å². The smallest absolute Gasteiger partial charge is 0.321 e. The highest BCUT2D eigenvalue weighted by Crippen LogP contribution is 2.25. The Bertz CT molecular complexity index is 741. The minimum Gasteiger partial charge on any atom is -0.396 e. The topological polar surface area (TPSA) is 72.8 Å². The van der Waals surface area contributed by atoms with Gasteiger partial charge < -0.3 is 20.4 Å². The average Bonchev–Trinajstić information content (AvgIpc) is 3.05. The summed E-state index contributed by atoms with van der Waals surface area (Å²) in [6.07, 6.45) is 0. The largest absolute Gasteiger partial charge is 0.396 e. The number of likely N-dealkylation sites (tertiary alicyclic amines) is 1. The van der Waals surface area contributed by atoms with Crippen molar-refractivity contribution in [3.8, 4) is 11.1 Å². The molecule has 1 aliphatic heterocycles. The molecule has 1 aliphatic rings. The molecule has 2 amide bonds. The molecule has 2 atom stereocenters. The van der Waals surface area contributed by atoms with Crippen molar-refractivity contribution in [3.63, 3.8) is 0 Å². The zero-order chi connectivity index (χ0) is 17.8. The van der Waals surface area contributed by atoms with E-state index < -0.39 is 0 Å². The Morgan fingerprint density at radius 2 is 1.64 bits per heavy atom. The van der Waals surface area contributed by atoms with E-state index in [9.17, 15) is 19.4 Å². The molecular weight excluding hydrogens is 323 g/mol. The van der Waals surface area contributed by atoms with E-state index in [1.165, 1.54) is 12.1 Å². The van der Waals surface area contributed by atoms with E-state index in [0.717, 1.165) is 11.1 Å². The number of hydrogen-bond donors (Lipinski definition) is 3. The summed E-state index contributed by atoms with van der Waals surface area (Å²) in [4.78, 5) is 14.0. The van der Waals surface area contributed by atoms with Crippen LogP contribution in [-0.2, 0) is 0 Å². The van der Waals surface area contributed by atoms with Gasteiger partial charge in [0.05, 0.1) is 0 Å². The van der Waals surface area contributed by atoms with Crippen LogP contribution in [-0.4, -0.2) is 47.4 Å². The summed E-state index contributed by atoms with van der Waals surface area (Å²) >= 11 is 0. The van der Waals surface area contributed by atoms with Gasteiger partial charge in [-0.1, -0.05) is 24.3 Å². The Morgan fingerprint density at radius 1 is 1.04 bits per heavy atom. The molecule has 2 aromatic carbocycles. The molecule has 3 N–H and O–H groups in total. The monoisotopic (exact) mass is 344 g/mol. The lowest BCUT2D eigenvalue weighted by Gasteiger charge is -2.17. The molecule has 1 fully saturated rings. The quantitative estimate of drug-likeness (QED) is 0.798. The molecule has 0 radical (unpaired) electrons. The Balaban J connectivity index is 1.71. The van der Waals surface area contributed by atoms with Gasteiger partial charge >= 0.3 is 6.03 Å². The first-order valence-electron chi connectivity index (χ1n) is 8.24. The van der Waals surface area contributed by atoms with E-state index in [4.69, 9.17) is 0 Å². The molecule has 0 saturated carbocycles. The lowest BCUT2D eigenvalue weighted by Crippen LogP contribution is -2.33. The molecule has 2 aromatic rings. The summed E-state index contributed by atoms with van der Waals surface area (Å²) in [6.45, 7) is 0.725. The maximum Gasteiger partial charge on any atom is 0.321 e. The van der Waals surface area contributed by atoms with Gasteiger partial charge in [-0.05, 0) is 35.4 Å². The fourth-order valence-electron chi connectivity index (χ4n) is 3.17. The van der Waals surface area contributed by atoms with E-state index >= 15 is 0 Å². The second kappa shape index (κ2) is 7.63. The van der Waals surface area contributed by atoms with Crippen LogP contribution in [0.1, 0.15) is 0 Å². The van der Waals surface area contributed by atoms with Gasteiger partial charge in [0.1, 0.15) is 5.82 Å². The number of carbonyl (C=O) groups excluding carboxylic acids is 1. The summed E-state index contributed by atoms with van der Waals surface area (Å²) in [5.41, 5.74) is 2.15. The number of anilines is 1. The molecule has 0 aromatic heterocycles. The number of benzene rings is 2. The number of aliphatic hydroxyl groups is 2. The second-order valence-corrected chi connectivity index (χ2v) is 6.31. The van der Waals surface area contributed by atoms with Gasteiger partial charge in [0.25, 0.3) is 0 Å². The van der Waals surface area contributed by atoms with Gasteiger partial charge in [0.15, 0.2) is 0 Å². The maximum absolute atomic E-state index is 13.4. The van der Waals surface area contributed by atoms with Crippen LogP contribution >= 0.6 is 0 Å². The Morgan fingerprint density at radius 3 is 2.24 bits per heavy atom. The number of carbonyl (C=O) groups is 1. The molecule has 0 bridgehead atoms. The number of rotatable bonds is 4. The molecule has 1 saturated heterocycles. The predicted octanol–water partition coefficient (Wildman–Crippen LogP) is 2.56. The average molecular weight is 344 g/mol. The van der Waals surface area contributed by atoms with Crippen LogP contribution in [0.15, 0.2) is 48.5 Å². The zero-order valence-electron chi connectivity index (χ0n) is 13.7. The van der Waals surface area contributed by atoms with Crippen molar-refractivity contribution in [2.45, 2.75) is 0 Å². The lowest BCUT2D eigenvalue weighted by atomic mass is 9.98. The molecule has 0 unspecified atom stereocenters. The summed E-state index contributed by atoms with van der Waals surface area (Å²) in [5.74, 6) is -0.516. The normalized spacial score (nSPS) is 19.9. The molecule has 0 spiro atoms. The van der Waals surface area contributed by atoms with Crippen LogP contribution in [0.25, 0.3) is 11.1 Å². The van der Waals surface area contributed by atoms with Crippen LogP contribution < -0.4 is 5.32 Å². The first-order chi connectivity index (χ1) is 12.1. The second-order valence-electron chi connectivity index (χ2n) is 6.31. The van der Waals surface area contributed by atoms with Crippen LogP contribution in [0.5, 0.6) is 0 Å². The standard InChI is InChI=1S/C19H21FN2O3/c20-17-5-1-3-13(7-17)14-4-2-6-18(8-14)21-19(25)22-9-15(11-23)16(10-22)12-24/h1-8,15-16,23-24H,9-12H2,(H,21,25)/t15-,16-/m0/s1. The van der Waals surface area contributed by atoms with Crippen molar-refractivity contribution in [1.82, 2.24) is 4.90 Å². The predicted molar refractivity (Wildman–Crippen MR) is 93.6 cm³/mol. The highest BCUT2D eigenvalue weighted by molar-refractivity contribution is 5.90. The highest BCUT2D eigenvalue weighted by Gasteiger charge is 2.34. The number of urea groups is 1. The van der Waals surface area contributed by atoms with Crippen LogP contribution in [0.2, 0.25) is 0 Å². The third-order valence-electron chi connectivity index (χ3n) is 4.60. The lowest BCUT2D eigenvalue weighted by molar-refractivity contribution is 0.152. The molecule has 132 valence electrons. The molecule has 6 heteroatoms. The molecule has 0 aliphatic carbocycles. The maximum atomic E-state index is 13.4. The van der Waals surface area contributed by atoms with Gasteiger partial charge in [-0.25, -0.2) is 9.18 Å². The molecule has 3 rings (SSSR count).